The van der Waals surface area contributed by atoms with Crippen molar-refractivity contribution in [2.45, 2.75) is 39.8 Å². The van der Waals surface area contributed by atoms with Crippen molar-refractivity contribution in [2.24, 2.45) is 11.8 Å². The third kappa shape index (κ3) is 4.31. The molecule has 0 radical (unpaired) electrons. The van der Waals surface area contributed by atoms with Crippen LogP contribution in [0.2, 0.25) is 0 Å². The van der Waals surface area contributed by atoms with Crippen LogP contribution in [0, 0.1) is 11.8 Å². The van der Waals surface area contributed by atoms with E-state index in [0.29, 0.717) is 18.7 Å². The molecule has 0 aromatic heterocycles. The molecule has 2 atom stereocenters. The Balaban J connectivity index is 1.93. The number of hydrogen-bond donors (Lipinski definition) is 2. The molecule has 0 bridgehead atoms. The average molecular weight is 318 g/mol. The summed E-state index contributed by atoms with van der Waals surface area (Å²) in [6.07, 6.45) is 0.404. The third-order valence-electron chi connectivity index (χ3n) is 4.05. The second-order valence-corrected chi connectivity index (χ2v) is 6.21. The molecule has 1 fully saturated rings. The van der Waals surface area contributed by atoms with Gasteiger partial charge in [0.05, 0.1) is 11.8 Å². The number of carbonyl (C=O) groups excluding carboxylic acids is 2. The molecule has 124 valence electrons. The lowest BCUT2D eigenvalue weighted by Crippen LogP contribution is -2.34. The average Bonchev–Trinajstić information content (AvgIpc) is 3.26. The Morgan fingerprint density at radius 2 is 1.83 bits per heavy atom. The van der Waals surface area contributed by atoms with Gasteiger partial charge in [-0.05, 0) is 38.0 Å². The highest BCUT2D eigenvalue weighted by atomic mass is 16.4. The van der Waals surface area contributed by atoms with Crippen molar-refractivity contribution < 1.29 is 19.5 Å². The Kier molecular flexibility index (Phi) is 5.03. The first-order valence-electron chi connectivity index (χ1n) is 7.69. The number of carboxylic acid groups (broad SMARTS) is 1. The second kappa shape index (κ2) is 6.81. The Bertz CT molecular complexity index is 610. The lowest BCUT2D eigenvalue weighted by atomic mass is 10.1. The number of nitrogens with one attached hydrogen (secondary N) is 1. The molecule has 2 unspecified atom stereocenters. The van der Waals surface area contributed by atoms with E-state index in [1.165, 1.54) is 0 Å². The minimum atomic E-state index is -0.918. The Morgan fingerprint density at radius 3 is 2.26 bits per heavy atom. The molecule has 0 spiro atoms. The summed E-state index contributed by atoms with van der Waals surface area (Å²) in [5.41, 5.74) is 1.61. The van der Waals surface area contributed by atoms with E-state index in [0.717, 1.165) is 5.56 Å². The maximum atomic E-state index is 11.9. The molecule has 1 saturated carbocycles. The van der Waals surface area contributed by atoms with Gasteiger partial charge >= 0.3 is 5.97 Å². The Morgan fingerprint density at radius 1 is 1.22 bits per heavy atom. The van der Waals surface area contributed by atoms with Gasteiger partial charge in [0.1, 0.15) is 0 Å². The van der Waals surface area contributed by atoms with E-state index in [2.05, 4.69) is 5.32 Å². The summed E-state index contributed by atoms with van der Waals surface area (Å²) < 4.78 is 0. The molecule has 2 N–H and O–H groups in total. The van der Waals surface area contributed by atoms with Gasteiger partial charge in [-0.3, -0.25) is 14.4 Å². The normalized spacial score (nSPS) is 19.3. The molecule has 6 nitrogen and oxygen atoms in total. The van der Waals surface area contributed by atoms with Gasteiger partial charge in [-0.25, -0.2) is 0 Å². The van der Waals surface area contributed by atoms with Crippen LogP contribution < -0.4 is 5.32 Å². The Hall–Kier alpha value is -2.37. The summed E-state index contributed by atoms with van der Waals surface area (Å²) in [4.78, 5) is 36.0. The van der Waals surface area contributed by atoms with Crippen LogP contribution in [0.4, 0.5) is 5.69 Å². The van der Waals surface area contributed by atoms with Crippen LogP contribution in [0.3, 0.4) is 0 Å². The third-order valence-corrected chi connectivity index (χ3v) is 4.05. The van der Waals surface area contributed by atoms with Crippen molar-refractivity contribution in [2.75, 3.05) is 5.32 Å². The summed E-state index contributed by atoms with van der Waals surface area (Å²) in [6, 6.07) is 7.37. The Labute approximate surface area is 135 Å². The van der Waals surface area contributed by atoms with Crippen molar-refractivity contribution in [3.63, 3.8) is 0 Å². The van der Waals surface area contributed by atoms with Crippen LogP contribution in [-0.4, -0.2) is 33.8 Å². The predicted molar refractivity (Wildman–Crippen MR) is 85.7 cm³/mol. The first-order valence-corrected chi connectivity index (χ1v) is 7.69. The summed E-state index contributed by atoms with van der Waals surface area (Å²) in [6.45, 7) is 5.99. The van der Waals surface area contributed by atoms with Gasteiger partial charge in [0.2, 0.25) is 11.8 Å². The highest BCUT2D eigenvalue weighted by molar-refractivity contribution is 5.98. The van der Waals surface area contributed by atoms with Gasteiger partial charge in [0, 0.05) is 25.2 Å². The molecular formula is C17H22N2O4. The van der Waals surface area contributed by atoms with Crippen molar-refractivity contribution in [1.82, 2.24) is 4.90 Å². The molecular weight excluding hydrogens is 296 g/mol. The number of rotatable bonds is 6. The molecule has 1 aliphatic carbocycles. The fourth-order valence-electron chi connectivity index (χ4n) is 2.54. The van der Waals surface area contributed by atoms with Crippen LogP contribution >= 0.6 is 0 Å². The fraction of sp³-hybridized carbons (Fsp3) is 0.471. The van der Waals surface area contributed by atoms with E-state index in [1.807, 2.05) is 26.0 Å². The van der Waals surface area contributed by atoms with Crippen molar-refractivity contribution in [1.29, 1.82) is 0 Å². The lowest BCUT2D eigenvalue weighted by molar-refractivity contribution is -0.139. The molecule has 1 aromatic rings. The zero-order valence-electron chi connectivity index (χ0n) is 13.6. The number of anilines is 1. The molecule has 1 aliphatic rings. The van der Waals surface area contributed by atoms with E-state index in [1.54, 1.807) is 24.0 Å². The van der Waals surface area contributed by atoms with Gasteiger partial charge < -0.3 is 15.3 Å². The molecule has 6 heteroatoms. The van der Waals surface area contributed by atoms with E-state index in [4.69, 9.17) is 5.11 Å². The lowest BCUT2D eigenvalue weighted by Gasteiger charge is -2.25. The monoisotopic (exact) mass is 318 g/mol. The maximum Gasteiger partial charge on any atom is 0.307 e. The van der Waals surface area contributed by atoms with Gasteiger partial charge in [-0.15, -0.1) is 0 Å². The number of benzene rings is 1. The summed E-state index contributed by atoms with van der Waals surface area (Å²) in [5, 5.41) is 11.6. The minimum absolute atomic E-state index is 0.0193. The van der Waals surface area contributed by atoms with E-state index >= 15 is 0 Å². The van der Waals surface area contributed by atoms with Gasteiger partial charge in [0.15, 0.2) is 0 Å². The minimum Gasteiger partial charge on any atom is -0.481 e. The molecule has 23 heavy (non-hydrogen) atoms. The molecule has 2 amide bonds. The van der Waals surface area contributed by atoms with Crippen LogP contribution in [0.5, 0.6) is 0 Å². The highest BCUT2D eigenvalue weighted by Gasteiger charge is 2.48. The quantitative estimate of drug-likeness (QED) is 0.841. The van der Waals surface area contributed by atoms with Crippen LogP contribution in [-0.2, 0) is 20.9 Å². The maximum absolute atomic E-state index is 11.9. The number of aliphatic carboxylic acids is 1. The zero-order valence-corrected chi connectivity index (χ0v) is 13.6. The molecule has 0 saturated heterocycles. The smallest absolute Gasteiger partial charge is 0.307 e. The fourth-order valence-corrected chi connectivity index (χ4v) is 2.54. The number of carbonyl (C=O) groups is 3. The highest BCUT2D eigenvalue weighted by Crippen LogP contribution is 2.39. The van der Waals surface area contributed by atoms with Crippen molar-refractivity contribution in [3.05, 3.63) is 29.8 Å². The zero-order chi connectivity index (χ0) is 17.1. The van der Waals surface area contributed by atoms with Crippen molar-refractivity contribution in [3.8, 4) is 0 Å². The van der Waals surface area contributed by atoms with E-state index in [9.17, 15) is 14.4 Å². The standard InChI is InChI=1S/C17H22N2O4/c1-10(2)19(11(3)20)9-12-4-6-13(7-5-12)18-16(21)14-8-15(14)17(22)23/h4-7,10,14-15H,8-9H2,1-3H3,(H,18,21)(H,22,23). The van der Waals surface area contributed by atoms with Crippen LogP contribution in [0.25, 0.3) is 0 Å². The molecule has 0 heterocycles. The molecule has 2 rings (SSSR count). The topological polar surface area (TPSA) is 86.7 Å². The number of amides is 2. The number of carboxylic acids is 1. The van der Waals surface area contributed by atoms with Crippen molar-refractivity contribution >= 4 is 23.5 Å². The largest absolute Gasteiger partial charge is 0.481 e. The van der Waals surface area contributed by atoms with E-state index in [-0.39, 0.29) is 17.9 Å². The van der Waals surface area contributed by atoms with Crippen LogP contribution in [0.1, 0.15) is 32.8 Å². The van der Waals surface area contributed by atoms with Crippen LogP contribution in [0.15, 0.2) is 24.3 Å². The molecule has 0 aliphatic heterocycles. The molecule has 1 aromatic carbocycles. The van der Waals surface area contributed by atoms with Gasteiger partial charge in [-0.1, -0.05) is 12.1 Å². The summed E-state index contributed by atoms with van der Waals surface area (Å²) in [7, 11) is 0. The first-order chi connectivity index (χ1) is 10.8. The summed E-state index contributed by atoms with van der Waals surface area (Å²) >= 11 is 0. The van der Waals surface area contributed by atoms with Gasteiger partial charge in [-0.2, -0.15) is 0 Å². The second-order valence-electron chi connectivity index (χ2n) is 6.21. The number of hydrogen-bond acceptors (Lipinski definition) is 3. The number of nitrogens with zero attached hydrogens (tertiary/aromatic N) is 1. The summed E-state index contributed by atoms with van der Waals surface area (Å²) in [5.74, 6) is -2.13. The SMILES string of the molecule is CC(=O)N(Cc1ccc(NC(=O)C2CC2C(=O)O)cc1)C(C)C. The first kappa shape index (κ1) is 17.0. The van der Waals surface area contributed by atoms with Gasteiger partial charge in [0.25, 0.3) is 0 Å². The predicted octanol–water partition coefficient (Wildman–Crippen LogP) is 2.10. The van der Waals surface area contributed by atoms with E-state index < -0.39 is 17.8 Å².